The number of nitrogens with two attached hydrogens (primary N) is 1. The van der Waals surface area contributed by atoms with E-state index in [2.05, 4.69) is 10.6 Å². The first-order chi connectivity index (χ1) is 10.1. The van der Waals surface area contributed by atoms with Crippen LogP contribution in [0.4, 0.5) is 10.5 Å². The molecule has 0 aromatic heterocycles. The third-order valence-corrected chi connectivity index (χ3v) is 4.27. The average Bonchev–Trinajstić information content (AvgIpc) is 2.48. The number of urea groups is 1. The molecule has 4 N–H and O–H groups in total. The fourth-order valence-electron chi connectivity index (χ4n) is 2.64. The summed E-state index contributed by atoms with van der Waals surface area (Å²) in [6, 6.07) is 6.87. The molecule has 1 aromatic carbocycles. The Morgan fingerprint density at radius 3 is 2.38 bits per heavy atom. The van der Waals surface area contributed by atoms with E-state index in [0.717, 1.165) is 37.9 Å². The van der Waals surface area contributed by atoms with Crippen LogP contribution in [0.15, 0.2) is 24.3 Å². The molecule has 2 rings (SSSR count). The smallest absolute Gasteiger partial charge is 0.320 e. The third-order valence-electron chi connectivity index (χ3n) is 3.88. The highest BCUT2D eigenvalue weighted by Crippen LogP contribution is 2.28. The quantitative estimate of drug-likeness (QED) is 0.748. The van der Waals surface area contributed by atoms with Crippen molar-refractivity contribution in [3.8, 4) is 5.75 Å². The summed E-state index contributed by atoms with van der Waals surface area (Å²) >= 11 is 5.16. The lowest BCUT2D eigenvalue weighted by atomic mass is 9.81. The highest BCUT2D eigenvalue weighted by atomic mass is 32.1. The van der Waals surface area contributed by atoms with Crippen molar-refractivity contribution in [1.29, 1.82) is 0 Å². The normalized spacial score (nSPS) is 16.8. The molecular formula is C15H21N3O2S. The standard InChI is InChI=1S/C15H21N3O2S/c1-20-12-7-5-11(6-8-12)17-14(19)18-15(13(16)21)9-3-2-4-10-15/h5-8H,2-4,9-10H2,1H3,(H2,16,21)(H2,17,18,19). The molecule has 1 aliphatic carbocycles. The largest absolute Gasteiger partial charge is 0.497 e. The molecular weight excluding hydrogens is 286 g/mol. The van der Waals surface area contributed by atoms with Gasteiger partial charge in [-0.25, -0.2) is 4.79 Å². The number of hydrogen-bond donors (Lipinski definition) is 3. The van der Waals surface area contributed by atoms with E-state index in [9.17, 15) is 4.79 Å². The second-order valence-electron chi connectivity index (χ2n) is 5.31. The summed E-state index contributed by atoms with van der Waals surface area (Å²) < 4.78 is 5.08. The van der Waals surface area contributed by atoms with Crippen molar-refractivity contribution < 1.29 is 9.53 Å². The van der Waals surface area contributed by atoms with E-state index in [1.807, 2.05) is 0 Å². The lowest BCUT2D eigenvalue weighted by molar-refractivity contribution is 0.236. The van der Waals surface area contributed by atoms with Crippen LogP contribution in [0, 0.1) is 0 Å². The molecule has 0 saturated heterocycles. The van der Waals surface area contributed by atoms with Crippen LogP contribution in [-0.2, 0) is 0 Å². The van der Waals surface area contributed by atoms with Crippen molar-refractivity contribution in [1.82, 2.24) is 5.32 Å². The van der Waals surface area contributed by atoms with Crippen LogP contribution in [0.25, 0.3) is 0 Å². The van der Waals surface area contributed by atoms with Crippen LogP contribution < -0.4 is 21.1 Å². The Kier molecular flexibility index (Phi) is 5.01. The monoisotopic (exact) mass is 307 g/mol. The second kappa shape index (κ2) is 6.76. The minimum atomic E-state index is -0.551. The van der Waals surface area contributed by atoms with Gasteiger partial charge in [-0.3, -0.25) is 0 Å². The summed E-state index contributed by atoms with van der Waals surface area (Å²) in [6.07, 6.45) is 4.82. The fraction of sp³-hybridized carbons (Fsp3) is 0.467. The van der Waals surface area contributed by atoms with Crippen LogP contribution in [-0.4, -0.2) is 23.7 Å². The number of thiocarbonyl (C=S) groups is 1. The molecule has 2 amide bonds. The van der Waals surface area contributed by atoms with Gasteiger partial charge in [0.1, 0.15) is 5.75 Å². The number of rotatable bonds is 4. The van der Waals surface area contributed by atoms with Gasteiger partial charge < -0.3 is 21.1 Å². The van der Waals surface area contributed by atoms with E-state index in [4.69, 9.17) is 22.7 Å². The minimum Gasteiger partial charge on any atom is -0.497 e. The van der Waals surface area contributed by atoms with Gasteiger partial charge in [-0.15, -0.1) is 0 Å². The maximum Gasteiger partial charge on any atom is 0.320 e. The Bertz CT molecular complexity index is 510. The van der Waals surface area contributed by atoms with Crippen LogP contribution >= 0.6 is 12.2 Å². The third kappa shape index (κ3) is 3.85. The number of ether oxygens (including phenoxy) is 1. The zero-order valence-electron chi connectivity index (χ0n) is 12.1. The summed E-state index contributed by atoms with van der Waals surface area (Å²) in [7, 11) is 1.60. The number of benzene rings is 1. The number of nitrogens with one attached hydrogen (secondary N) is 2. The molecule has 6 heteroatoms. The van der Waals surface area contributed by atoms with Gasteiger partial charge in [0.25, 0.3) is 0 Å². The highest BCUT2D eigenvalue weighted by molar-refractivity contribution is 7.80. The minimum absolute atomic E-state index is 0.283. The lowest BCUT2D eigenvalue weighted by Crippen LogP contribution is -2.58. The average molecular weight is 307 g/mol. The summed E-state index contributed by atoms with van der Waals surface area (Å²) in [5.74, 6) is 0.743. The topological polar surface area (TPSA) is 76.4 Å². The molecule has 1 saturated carbocycles. The highest BCUT2D eigenvalue weighted by Gasteiger charge is 2.36. The molecule has 1 fully saturated rings. The summed E-state index contributed by atoms with van der Waals surface area (Å²) in [4.78, 5) is 12.5. The number of hydrogen-bond acceptors (Lipinski definition) is 3. The molecule has 0 bridgehead atoms. The predicted octanol–water partition coefficient (Wildman–Crippen LogP) is 2.81. The molecule has 0 aliphatic heterocycles. The zero-order chi connectivity index (χ0) is 15.3. The lowest BCUT2D eigenvalue weighted by Gasteiger charge is -2.37. The van der Waals surface area contributed by atoms with E-state index in [1.165, 1.54) is 0 Å². The van der Waals surface area contributed by atoms with Crippen molar-refractivity contribution in [2.24, 2.45) is 5.73 Å². The summed E-state index contributed by atoms with van der Waals surface area (Å²) in [5.41, 5.74) is 6.00. The van der Waals surface area contributed by atoms with E-state index >= 15 is 0 Å². The molecule has 0 spiro atoms. The Hall–Kier alpha value is -1.82. The Labute approximate surface area is 130 Å². The molecule has 0 unspecified atom stereocenters. The van der Waals surface area contributed by atoms with Gasteiger partial charge in [-0.05, 0) is 37.1 Å². The van der Waals surface area contributed by atoms with Gasteiger partial charge in [0.2, 0.25) is 0 Å². The maximum absolute atomic E-state index is 12.2. The molecule has 1 aromatic rings. The van der Waals surface area contributed by atoms with Crippen LogP contribution in [0.3, 0.4) is 0 Å². The van der Waals surface area contributed by atoms with Gasteiger partial charge in [-0.1, -0.05) is 31.5 Å². The molecule has 114 valence electrons. The Morgan fingerprint density at radius 2 is 1.86 bits per heavy atom. The van der Waals surface area contributed by atoms with Crippen LogP contribution in [0.5, 0.6) is 5.75 Å². The summed E-state index contributed by atoms with van der Waals surface area (Å²) in [5, 5.41) is 5.76. The number of methoxy groups -OCH3 is 1. The molecule has 0 radical (unpaired) electrons. The summed E-state index contributed by atoms with van der Waals surface area (Å²) in [6.45, 7) is 0. The number of anilines is 1. The molecule has 0 atom stereocenters. The molecule has 0 heterocycles. The van der Waals surface area contributed by atoms with E-state index < -0.39 is 5.54 Å². The van der Waals surface area contributed by atoms with E-state index in [-0.39, 0.29) is 6.03 Å². The van der Waals surface area contributed by atoms with Crippen molar-refractivity contribution in [2.75, 3.05) is 12.4 Å². The molecule has 5 nitrogen and oxygen atoms in total. The van der Waals surface area contributed by atoms with E-state index in [1.54, 1.807) is 31.4 Å². The number of carbonyl (C=O) groups excluding carboxylic acids is 1. The first-order valence-electron chi connectivity index (χ1n) is 7.09. The van der Waals surface area contributed by atoms with Crippen molar-refractivity contribution in [3.63, 3.8) is 0 Å². The molecule has 21 heavy (non-hydrogen) atoms. The van der Waals surface area contributed by atoms with Crippen molar-refractivity contribution >= 4 is 28.9 Å². The second-order valence-corrected chi connectivity index (χ2v) is 5.75. The Morgan fingerprint density at radius 1 is 1.24 bits per heavy atom. The van der Waals surface area contributed by atoms with Crippen molar-refractivity contribution in [2.45, 2.75) is 37.6 Å². The van der Waals surface area contributed by atoms with Crippen molar-refractivity contribution in [3.05, 3.63) is 24.3 Å². The maximum atomic E-state index is 12.2. The zero-order valence-corrected chi connectivity index (χ0v) is 13.0. The molecule has 1 aliphatic rings. The van der Waals surface area contributed by atoms with Gasteiger partial charge in [0.05, 0.1) is 17.6 Å². The van der Waals surface area contributed by atoms with Gasteiger partial charge in [0.15, 0.2) is 0 Å². The fourth-order valence-corrected chi connectivity index (χ4v) is 2.90. The first-order valence-corrected chi connectivity index (χ1v) is 7.50. The van der Waals surface area contributed by atoms with Gasteiger partial charge >= 0.3 is 6.03 Å². The predicted molar refractivity (Wildman–Crippen MR) is 87.7 cm³/mol. The SMILES string of the molecule is COc1ccc(NC(=O)NC2(C(N)=S)CCCCC2)cc1. The van der Waals surface area contributed by atoms with E-state index in [0.29, 0.717) is 10.7 Å². The van der Waals surface area contributed by atoms with Gasteiger partial charge in [0, 0.05) is 5.69 Å². The Balaban J connectivity index is 2.00. The first kappa shape index (κ1) is 15.6. The van der Waals surface area contributed by atoms with Gasteiger partial charge in [-0.2, -0.15) is 0 Å². The van der Waals surface area contributed by atoms with Crippen LogP contribution in [0.2, 0.25) is 0 Å². The number of carbonyl (C=O) groups is 1. The number of amides is 2. The van der Waals surface area contributed by atoms with Crippen LogP contribution in [0.1, 0.15) is 32.1 Å².